The average molecular weight is 356 g/mol. The van der Waals surface area contributed by atoms with Gasteiger partial charge in [-0.25, -0.2) is 0 Å². The number of amides is 1. The molecular formula is C16H15Cl2NO2S. The fraction of sp³-hybridized carbons (Fsp3) is 0.188. The van der Waals surface area contributed by atoms with Gasteiger partial charge in [-0.2, -0.15) is 0 Å². The summed E-state index contributed by atoms with van der Waals surface area (Å²) in [6.45, 7) is 0. The van der Waals surface area contributed by atoms with E-state index in [1.807, 2.05) is 24.3 Å². The zero-order valence-electron chi connectivity index (χ0n) is 11.9. The van der Waals surface area contributed by atoms with Crippen LogP contribution in [0.3, 0.4) is 0 Å². The Kier molecular flexibility index (Phi) is 6.43. The molecule has 0 aromatic heterocycles. The second kappa shape index (κ2) is 8.32. The minimum absolute atomic E-state index is 0.0701. The fourth-order valence-corrected chi connectivity index (χ4v) is 3.16. The Balaban J connectivity index is 1.79. The van der Waals surface area contributed by atoms with E-state index in [-0.39, 0.29) is 5.91 Å². The molecule has 0 fully saturated rings. The van der Waals surface area contributed by atoms with Crippen LogP contribution in [-0.2, 0) is 4.79 Å². The summed E-state index contributed by atoms with van der Waals surface area (Å²) < 4.78 is 5.10. The molecule has 6 heteroatoms. The number of rotatable bonds is 6. The minimum atomic E-state index is -0.0701. The molecule has 2 rings (SSSR count). The van der Waals surface area contributed by atoms with Gasteiger partial charge >= 0.3 is 0 Å². The molecule has 0 aliphatic rings. The highest BCUT2D eigenvalue weighted by atomic mass is 35.5. The lowest BCUT2D eigenvalue weighted by molar-refractivity contribution is -0.115. The van der Waals surface area contributed by atoms with Crippen LogP contribution >= 0.6 is 35.0 Å². The number of hydrogen-bond acceptors (Lipinski definition) is 3. The van der Waals surface area contributed by atoms with Gasteiger partial charge in [-0.3, -0.25) is 4.79 Å². The van der Waals surface area contributed by atoms with Gasteiger partial charge < -0.3 is 10.1 Å². The molecule has 0 bridgehead atoms. The highest BCUT2D eigenvalue weighted by Crippen LogP contribution is 2.24. The highest BCUT2D eigenvalue weighted by molar-refractivity contribution is 7.99. The van der Waals surface area contributed by atoms with Gasteiger partial charge in [-0.1, -0.05) is 23.2 Å². The van der Waals surface area contributed by atoms with Crippen LogP contribution in [0.1, 0.15) is 6.42 Å². The second-order valence-electron chi connectivity index (χ2n) is 4.48. The summed E-state index contributed by atoms with van der Waals surface area (Å²) >= 11 is 13.4. The SMILES string of the molecule is COc1ccc(SCCC(=O)Nc2cc(Cl)cc(Cl)c2)cc1. The molecule has 0 spiro atoms. The largest absolute Gasteiger partial charge is 0.497 e. The van der Waals surface area contributed by atoms with E-state index in [2.05, 4.69) is 5.32 Å². The van der Waals surface area contributed by atoms with Crippen LogP contribution in [-0.4, -0.2) is 18.8 Å². The molecule has 0 unspecified atom stereocenters. The zero-order valence-corrected chi connectivity index (χ0v) is 14.3. The van der Waals surface area contributed by atoms with Crippen LogP contribution in [0.25, 0.3) is 0 Å². The van der Waals surface area contributed by atoms with Crippen LogP contribution in [0.5, 0.6) is 5.75 Å². The summed E-state index contributed by atoms with van der Waals surface area (Å²) in [7, 11) is 1.63. The molecule has 22 heavy (non-hydrogen) atoms. The Morgan fingerprint density at radius 3 is 2.36 bits per heavy atom. The lowest BCUT2D eigenvalue weighted by Crippen LogP contribution is -2.12. The normalized spacial score (nSPS) is 10.3. The third-order valence-corrected chi connectivity index (χ3v) is 4.25. The summed E-state index contributed by atoms with van der Waals surface area (Å²) in [6, 6.07) is 12.7. The third-order valence-electron chi connectivity index (χ3n) is 2.80. The molecule has 0 aliphatic carbocycles. The van der Waals surface area contributed by atoms with Crippen molar-refractivity contribution in [1.29, 1.82) is 0 Å². The maximum Gasteiger partial charge on any atom is 0.225 e. The van der Waals surface area contributed by atoms with Crippen molar-refractivity contribution >= 4 is 46.6 Å². The maximum atomic E-state index is 11.9. The number of anilines is 1. The Labute approximate surface area is 144 Å². The lowest BCUT2D eigenvalue weighted by atomic mass is 10.3. The predicted molar refractivity (Wildman–Crippen MR) is 93.4 cm³/mol. The molecular weight excluding hydrogens is 341 g/mol. The molecule has 2 aromatic carbocycles. The molecule has 0 saturated carbocycles. The first-order valence-electron chi connectivity index (χ1n) is 6.59. The number of hydrogen-bond donors (Lipinski definition) is 1. The van der Waals surface area contributed by atoms with Crippen molar-refractivity contribution in [1.82, 2.24) is 0 Å². The summed E-state index contributed by atoms with van der Waals surface area (Å²) in [5.74, 6) is 1.44. The van der Waals surface area contributed by atoms with Gasteiger partial charge in [0.25, 0.3) is 0 Å². The topological polar surface area (TPSA) is 38.3 Å². The van der Waals surface area contributed by atoms with Crippen molar-refractivity contribution in [2.75, 3.05) is 18.2 Å². The van der Waals surface area contributed by atoms with Crippen LogP contribution in [0, 0.1) is 0 Å². The summed E-state index contributed by atoms with van der Waals surface area (Å²) in [6.07, 6.45) is 0.404. The van der Waals surface area contributed by atoms with Gasteiger partial charge in [0.2, 0.25) is 5.91 Å². The van der Waals surface area contributed by atoms with E-state index in [1.54, 1.807) is 37.1 Å². The second-order valence-corrected chi connectivity index (χ2v) is 6.52. The molecule has 0 aliphatic heterocycles. The molecule has 116 valence electrons. The number of halogens is 2. The first kappa shape index (κ1) is 17.0. The molecule has 2 aromatic rings. The van der Waals surface area contributed by atoms with E-state index in [9.17, 15) is 4.79 Å². The van der Waals surface area contributed by atoms with E-state index < -0.39 is 0 Å². The van der Waals surface area contributed by atoms with Crippen LogP contribution in [0.2, 0.25) is 10.0 Å². The molecule has 3 nitrogen and oxygen atoms in total. The smallest absolute Gasteiger partial charge is 0.225 e. The van der Waals surface area contributed by atoms with Crippen molar-refractivity contribution in [2.45, 2.75) is 11.3 Å². The van der Waals surface area contributed by atoms with E-state index in [0.717, 1.165) is 10.6 Å². The van der Waals surface area contributed by atoms with Crippen LogP contribution in [0.4, 0.5) is 5.69 Å². The quantitative estimate of drug-likeness (QED) is 0.730. The van der Waals surface area contributed by atoms with Crippen LogP contribution < -0.4 is 10.1 Å². The Hall–Kier alpha value is -1.36. The van der Waals surface area contributed by atoms with Gasteiger partial charge in [-0.15, -0.1) is 11.8 Å². The van der Waals surface area contributed by atoms with Crippen molar-refractivity contribution in [2.24, 2.45) is 0 Å². The molecule has 0 radical (unpaired) electrons. The Bertz CT molecular complexity index is 627. The van der Waals surface area contributed by atoms with Gasteiger partial charge in [-0.05, 0) is 42.5 Å². The van der Waals surface area contributed by atoms with Crippen molar-refractivity contribution in [3.63, 3.8) is 0 Å². The van der Waals surface area contributed by atoms with E-state index in [0.29, 0.717) is 27.9 Å². The fourth-order valence-electron chi connectivity index (χ4n) is 1.78. The average Bonchev–Trinajstić information content (AvgIpc) is 2.47. The zero-order chi connectivity index (χ0) is 15.9. The molecule has 0 heterocycles. The first-order valence-corrected chi connectivity index (χ1v) is 8.34. The van der Waals surface area contributed by atoms with E-state index >= 15 is 0 Å². The van der Waals surface area contributed by atoms with Crippen LogP contribution in [0.15, 0.2) is 47.4 Å². The number of thioether (sulfide) groups is 1. The van der Waals surface area contributed by atoms with E-state index in [1.165, 1.54) is 0 Å². The summed E-state index contributed by atoms with van der Waals surface area (Å²) in [4.78, 5) is 13.0. The van der Waals surface area contributed by atoms with E-state index in [4.69, 9.17) is 27.9 Å². The number of carbonyl (C=O) groups excluding carboxylic acids is 1. The third kappa shape index (κ3) is 5.44. The summed E-state index contributed by atoms with van der Waals surface area (Å²) in [5, 5.41) is 3.78. The number of methoxy groups -OCH3 is 1. The molecule has 1 amide bonds. The molecule has 0 atom stereocenters. The Morgan fingerprint density at radius 1 is 1.14 bits per heavy atom. The number of carbonyl (C=O) groups is 1. The monoisotopic (exact) mass is 355 g/mol. The number of nitrogens with one attached hydrogen (secondary N) is 1. The highest BCUT2D eigenvalue weighted by Gasteiger charge is 2.05. The van der Waals surface area contributed by atoms with Gasteiger partial charge in [0.15, 0.2) is 0 Å². The minimum Gasteiger partial charge on any atom is -0.497 e. The lowest BCUT2D eigenvalue weighted by Gasteiger charge is -2.07. The maximum absolute atomic E-state index is 11.9. The molecule has 0 saturated heterocycles. The van der Waals surface area contributed by atoms with Gasteiger partial charge in [0.05, 0.1) is 7.11 Å². The van der Waals surface area contributed by atoms with Gasteiger partial charge in [0, 0.05) is 32.8 Å². The Morgan fingerprint density at radius 2 is 1.77 bits per heavy atom. The number of benzene rings is 2. The number of ether oxygens (including phenoxy) is 1. The standard InChI is InChI=1S/C16H15Cl2NO2S/c1-21-14-2-4-15(5-3-14)22-7-6-16(20)19-13-9-11(17)8-12(18)10-13/h2-5,8-10H,6-7H2,1H3,(H,19,20). The van der Waals surface area contributed by atoms with Crippen molar-refractivity contribution in [3.8, 4) is 5.75 Å². The van der Waals surface area contributed by atoms with Crippen molar-refractivity contribution in [3.05, 3.63) is 52.5 Å². The summed E-state index contributed by atoms with van der Waals surface area (Å²) in [5.41, 5.74) is 0.608. The van der Waals surface area contributed by atoms with Gasteiger partial charge in [0.1, 0.15) is 5.75 Å². The first-order chi connectivity index (χ1) is 10.6. The predicted octanol–water partition coefficient (Wildman–Crippen LogP) is 5.12. The molecule has 1 N–H and O–H groups in total. The van der Waals surface area contributed by atoms with Crippen molar-refractivity contribution < 1.29 is 9.53 Å².